The molecule has 0 radical (unpaired) electrons. The average molecular weight is 326 g/mol. The highest BCUT2D eigenvalue weighted by molar-refractivity contribution is 5.92. The zero-order chi connectivity index (χ0) is 17.1. The molecule has 0 fully saturated rings. The van der Waals surface area contributed by atoms with Crippen molar-refractivity contribution in [1.82, 2.24) is 4.90 Å². The molecule has 0 saturated carbocycles. The summed E-state index contributed by atoms with van der Waals surface area (Å²) < 4.78 is 13.5. The fourth-order valence-electron chi connectivity index (χ4n) is 3.38. The Morgan fingerprint density at radius 2 is 2.12 bits per heavy atom. The van der Waals surface area contributed by atoms with E-state index < -0.39 is 0 Å². The predicted molar refractivity (Wildman–Crippen MR) is 94.8 cm³/mol. The summed E-state index contributed by atoms with van der Waals surface area (Å²) in [6.07, 6.45) is 0.845. The third-order valence-corrected chi connectivity index (χ3v) is 4.54. The van der Waals surface area contributed by atoms with Crippen LogP contribution in [0.1, 0.15) is 29.5 Å². The van der Waals surface area contributed by atoms with Crippen LogP contribution < -0.4 is 5.32 Å². The number of carbonyl (C=O) groups is 1. The first-order chi connectivity index (χ1) is 11.5. The van der Waals surface area contributed by atoms with Crippen molar-refractivity contribution in [2.24, 2.45) is 0 Å². The van der Waals surface area contributed by atoms with Gasteiger partial charge in [0, 0.05) is 18.8 Å². The number of benzene rings is 2. The van der Waals surface area contributed by atoms with Crippen molar-refractivity contribution in [3.05, 3.63) is 65.0 Å². The van der Waals surface area contributed by atoms with Crippen LogP contribution in [0.3, 0.4) is 0 Å². The fourth-order valence-corrected chi connectivity index (χ4v) is 3.38. The van der Waals surface area contributed by atoms with E-state index in [0.29, 0.717) is 6.54 Å². The molecule has 1 N–H and O–H groups in total. The molecule has 0 spiro atoms. The Hall–Kier alpha value is -2.20. The summed E-state index contributed by atoms with van der Waals surface area (Å²) in [5, 5.41) is 2.95. The number of anilines is 1. The van der Waals surface area contributed by atoms with Gasteiger partial charge in [-0.1, -0.05) is 25.1 Å². The van der Waals surface area contributed by atoms with Gasteiger partial charge < -0.3 is 5.32 Å². The Labute approximate surface area is 142 Å². The van der Waals surface area contributed by atoms with Gasteiger partial charge in [0.25, 0.3) is 0 Å². The van der Waals surface area contributed by atoms with Crippen LogP contribution in [0.2, 0.25) is 0 Å². The number of nitrogens with zero attached hydrogens (tertiary/aromatic N) is 1. The maximum atomic E-state index is 13.5. The van der Waals surface area contributed by atoms with Crippen LogP contribution in [0, 0.1) is 12.7 Å². The Morgan fingerprint density at radius 1 is 1.29 bits per heavy atom. The lowest BCUT2D eigenvalue weighted by Crippen LogP contribution is -2.35. The van der Waals surface area contributed by atoms with Crippen LogP contribution in [0.25, 0.3) is 0 Å². The molecule has 2 aromatic carbocycles. The van der Waals surface area contributed by atoms with Crippen molar-refractivity contribution in [3.63, 3.8) is 0 Å². The SMILES string of the molecule is Cc1cccc(NC(=O)CN2CCc3ccc(F)cc3C(C)C2)c1. The lowest BCUT2D eigenvalue weighted by Gasteiger charge is -2.22. The molecule has 2 aromatic rings. The molecule has 1 aliphatic rings. The van der Waals surface area contributed by atoms with E-state index in [1.165, 1.54) is 11.6 Å². The first kappa shape index (κ1) is 16.7. The third kappa shape index (κ3) is 4.01. The molecule has 1 aliphatic heterocycles. The van der Waals surface area contributed by atoms with Crippen molar-refractivity contribution < 1.29 is 9.18 Å². The molecule has 0 bridgehead atoms. The number of carbonyl (C=O) groups excluding carboxylic acids is 1. The number of fused-ring (bicyclic) bond motifs is 1. The van der Waals surface area contributed by atoms with E-state index in [9.17, 15) is 9.18 Å². The molecule has 1 heterocycles. The van der Waals surface area contributed by atoms with Crippen LogP contribution in [0.15, 0.2) is 42.5 Å². The van der Waals surface area contributed by atoms with Gasteiger partial charge in [0.05, 0.1) is 6.54 Å². The monoisotopic (exact) mass is 326 g/mol. The van der Waals surface area contributed by atoms with Crippen molar-refractivity contribution >= 4 is 11.6 Å². The molecule has 1 unspecified atom stereocenters. The van der Waals surface area contributed by atoms with E-state index in [1.807, 2.05) is 37.3 Å². The van der Waals surface area contributed by atoms with Gasteiger partial charge in [-0.3, -0.25) is 9.69 Å². The van der Waals surface area contributed by atoms with Crippen LogP contribution in [-0.2, 0) is 11.2 Å². The van der Waals surface area contributed by atoms with E-state index in [-0.39, 0.29) is 17.6 Å². The quantitative estimate of drug-likeness (QED) is 0.932. The van der Waals surface area contributed by atoms with Crippen LogP contribution in [0.5, 0.6) is 0 Å². The summed E-state index contributed by atoms with van der Waals surface area (Å²) in [7, 11) is 0. The second kappa shape index (κ2) is 7.14. The molecular formula is C20H23FN2O. The minimum atomic E-state index is -0.189. The van der Waals surface area contributed by atoms with Crippen LogP contribution >= 0.6 is 0 Å². The molecule has 0 aromatic heterocycles. The van der Waals surface area contributed by atoms with Gasteiger partial charge >= 0.3 is 0 Å². The van der Waals surface area contributed by atoms with Gasteiger partial charge in [0.15, 0.2) is 0 Å². The summed E-state index contributed by atoms with van der Waals surface area (Å²) in [5.41, 5.74) is 4.20. The van der Waals surface area contributed by atoms with E-state index in [0.717, 1.165) is 36.3 Å². The van der Waals surface area contributed by atoms with Crippen LogP contribution in [0.4, 0.5) is 10.1 Å². The van der Waals surface area contributed by atoms with Gasteiger partial charge in [-0.05, 0) is 60.2 Å². The maximum absolute atomic E-state index is 13.5. The number of halogens is 1. The maximum Gasteiger partial charge on any atom is 0.238 e. The Morgan fingerprint density at radius 3 is 2.92 bits per heavy atom. The molecular weight excluding hydrogens is 303 g/mol. The fraction of sp³-hybridized carbons (Fsp3) is 0.350. The lowest BCUT2D eigenvalue weighted by molar-refractivity contribution is -0.117. The van der Waals surface area contributed by atoms with Crippen molar-refractivity contribution in [1.29, 1.82) is 0 Å². The molecule has 0 aliphatic carbocycles. The molecule has 1 amide bonds. The smallest absolute Gasteiger partial charge is 0.238 e. The van der Waals surface area contributed by atoms with Crippen LogP contribution in [-0.4, -0.2) is 30.4 Å². The van der Waals surface area contributed by atoms with Gasteiger partial charge in [0.1, 0.15) is 5.82 Å². The van der Waals surface area contributed by atoms with Crippen molar-refractivity contribution in [2.75, 3.05) is 25.0 Å². The number of amides is 1. The van der Waals surface area contributed by atoms with E-state index in [2.05, 4.69) is 17.1 Å². The normalized spacial score (nSPS) is 17.9. The number of aryl methyl sites for hydroxylation is 1. The summed E-state index contributed by atoms with van der Waals surface area (Å²) in [5.74, 6) is 0.0150. The van der Waals surface area contributed by atoms with Crippen molar-refractivity contribution in [3.8, 4) is 0 Å². The Kier molecular flexibility index (Phi) is 4.95. The average Bonchev–Trinajstić information content (AvgIpc) is 2.67. The highest BCUT2D eigenvalue weighted by Crippen LogP contribution is 2.26. The zero-order valence-electron chi connectivity index (χ0n) is 14.2. The molecule has 4 heteroatoms. The molecule has 3 nitrogen and oxygen atoms in total. The van der Waals surface area contributed by atoms with Gasteiger partial charge in [-0.15, -0.1) is 0 Å². The number of rotatable bonds is 3. The second-order valence-corrected chi connectivity index (χ2v) is 6.65. The highest BCUT2D eigenvalue weighted by atomic mass is 19.1. The van der Waals surface area contributed by atoms with Crippen molar-refractivity contribution in [2.45, 2.75) is 26.2 Å². The first-order valence-electron chi connectivity index (χ1n) is 8.38. The Bertz CT molecular complexity index is 744. The summed E-state index contributed by atoms with van der Waals surface area (Å²) in [6, 6.07) is 12.8. The van der Waals surface area contributed by atoms with Gasteiger partial charge in [0.2, 0.25) is 5.91 Å². The van der Waals surface area contributed by atoms with E-state index >= 15 is 0 Å². The number of nitrogens with one attached hydrogen (secondary N) is 1. The largest absolute Gasteiger partial charge is 0.325 e. The Balaban J connectivity index is 1.63. The minimum absolute atomic E-state index is 0.00932. The number of hydrogen-bond donors (Lipinski definition) is 1. The molecule has 1 atom stereocenters. The first-order valence-corrected chi connectivity index (χ1v) is 8.38. The van der Waals surface area contributed by atoms with E-state index in [1.54, 1.807) is 6.07 Å². The summed E-state index contributed by atoms with van der Waals surface area (Å²) in [6.45, 7) is 6.02. The number of hydrogen-bond acceptors (Lipinski definition) is 2. The summed E-state index contributed by atoms with van der Waals surface area (Å²) >= 11 is 0. The lowest BCUT2D eigenvalue weighted by atomic mass is 9.95. The van der Waals surface area contributed by atoms with Gasteiger partial charge in [-0.25, -0.2) is 4.39 Å². The molecule has 3 rings (SSSR count). The van der Waals surface area contributed by atoms with Gasteiger partial charge in [-0.2, -0.15) is 0 Å². The third-order valence-electron chi connectivity index (χ3n) is 4.54. The molecule has 0 saturated heterocycles. The molecule has 126 valence electrons. The highest BCUT2D eigenvalue weighted by Gasteiger charge is 2.21. The predicted octanol–water partition coefficient (Wildman–Crippen LogP) is 3.73. The topological polar surface area (TPSA) is 32.3 Å². The molecule has 24 heavy (non-hydrogen) atoms. The minimum Gasteiger partial charge on any atom is -0.325 e. The van der Waals surface area contributed by atoms with E-state index in [4.69, 9.17) is 0 Å². The standard InChI is InChI=1S/C20H23FN2O/c1-14-4-3-5-18(10-14)22-20(24)13-23-9-8-16-6-7-17(21)11-19(16)15(2)12-23/h3-7,10-11,15H,8-9,12-13H2,1-2H3,(H,22,24). The summed E-state index contributed by atoms with van der Waals surface area (Å²) in [4.78, 5) is 14.5. The zero-order valence-corrected chi connectivity index (χ0v) is 14.2. The second-order valence-electron chi connectivity index (χ2n) is 6.65.